The van der Waals surface area contributed by atoms with Gasteiger partial charge in [-0.2, -0.15) is 0 Å². The average Bonchev–Trinajstić information content (AvgIpc) is 3.02. The Kier molecular flexibility index (Phi) is 11.6. The summed E-state index contributed by atoms with van der Waals surface area (Å²) in [5.74, 6) is 0. The Labute approximate surface area is 261 Å². The van der Waals surface area contributed by atoms with Crippen LogP contribution in [-0.4, -0.2) is 37.1 Å². The summed E-state index contributed by atoms with van der Waals surface area (Å²) >= 11 is 9.70. The Morgan fingerprint density at radius 1 is 0.619 bits per heavy atom. The van der Waals surface area contributed by atoms with Gasteiger partial charge in [-0.3, -0.25) is 0 Å². The number of hydrogen-bond acceptors (Lipinski definition) is 5. The van der Waals surface area contributed by atoms with Crippen LogP contribution in [0.4, 0.5) is 0 Å². The highest BCUT2D eigenvalue weighted by molar-refractivity contribution is 9.10. The SMILES string of the molecule is C[C@@H]1O[C@H](COCc2ccc(Cl)cc2)[C@H](OCc2ccccc2)[C@@H](OCc2ccccc2)C1OCc1ccccc1Br. The molecule has 1 aliphatic heterocycles. The molecule has 0 radical (unpaired) electrons. The smallest absolute Gasteiger partial charge is 0.115 e. The molecule has 1 aliphatic rings. The van der Waals surface area contributed by atoms with Crippen LogP contribution in [0.3, 0.4) is 0 Å². The van der Waals surface area contributed by atoms with Crippen molar-refractivity contribution in [1.82, 2.24) is 0 Å². The predicted molar refractivity (Wildman–Crippen MR) is 168 cm³/mol. The third-order valence-electron chi connectivity index (χ3n) is 7.29. The topological polar surface area (TPSA) is 46.2 Å². The Morgan fingerprint density at radius 2 is 1.17 bits per heavy atom. The molecule has 0 aliphatic carbocycles. The van der Waals surface area contributed by atoms with Crippen molar-refractivity contribution in [3.63, 3.8) is 0 Å². The summed E-state index contributed by atoms with van der Waals surface area (Å²) < 4.78 is 33.6. The van der Waals surface area contributed by atoms with Crippen LogP contribution in [0.15, 0.2) is 114 Å². The van der Waals surface area contributed by atoms with Crippen molar-refractivity contribution in [2.75, 3.05) is 6.61 Å². The first-order valence-corrected chi connectivity index (χ1v) is 15.4. The lowest BCUT2D eigenvalue weighted by Crippen LogP contribution is -2.60. The second-order valence-electron chi connectivity index (χ2n) is 10.4. The van der Waals surface area contributed by atoms with Crippen LogP contribution in [0, 0.1) is 0 Å². The first kappa shape index (κ1) is 30.9. The van der Waals surface area contributed by atoms with Gasteiger partial charge in [-0.15, -0.1) is 0 Å². The zero-order valence-corrected chi connectivity index (χ0v) is 26.0. The van der Waals surface area contributed by atoms with Gasteiger partial charge >= 0.3 is 0 Å². The molecule has 0 N–H and O–H groups in total. The zero-order valence-electron chi connectivity index (χ0n) is 23.6. The van der Waals surface area contributed by atoms with Crippen LogP contribution in [0.1, 0.15) is 29.2 Å². The van der Waals surface area contributed by atoms with E-state index in [4.69, 9.17) is 35.3 Å². The number of halogens is 2. The molecule has 0 spiro atoms. The van der Waals surface area contributed by atoms with Gasteiger partial charge in [0.2, 0.25) is 0 Å². The van der Waals surface area contributed by atoms with Crippen molar-refractivity contribution < 1.29 is 23.7 Å². The van der Waals surface area contributed by atoms with Crippen LogP contribution in [0.2, 0.25) is 5.02 Å². The first-order chi connectivity index (χ1) is 20.6. The third-order valence-corrected chi connectivity index (χ3v) is 8.32. The van der Waals surface area contributed by atoms with E-state index < -0.39 is 12.2 Å². The van der Waals surface area contributed by atoms with Gasteiger partial charge in [0.1, 0.15) is 24.4 Å². The molecule has 5 rings (SSSR count). The highest BCUT2D eigenvalue weighted by Gasteiger charge is 2.46. The molecular weight excluding hydrogens is 616 g/mol. The Hall–Kier alpha value is -2.55. The molecule has 0 aromatic heterocycles. The van der Waals surface area contributed by atoms with Crippen LogP contribution >= 0.6 is 27.5 Å². The summed E-state index contributed by atoms with van der Waals surface area (Å²) in [7, 11) is 0. The van der Waals surface area contributed by atoms with Crippen LogP contribution in [0.5, 0.6) is 0 Å². The molecule has 0 saturated carbocycles. The van der Waals surface area contributed by atoms with E-state index in [9.17, 15) is 0 Å². The maximum absolute atomic E-state index is 6.67. The molecule has 42 heavy (non-hydrogen) atoms. The molecule has 220 valence electrons. The van der Waals surface area contributed by atoms with Crippen molar-refractivity contribution >= 4 is 27.5 Å². The summed E-state index contributed by atoms with van der Waals surface area (Å²) in [6, 6.07) is 36.0. The van der Waals surface area contributed by atoms with Gasteiger partial charge in [-0.05, 0) is 47.4 Å². The second kappa shape index (κ2) is 15.8. The Bertz CT molecular complexity index is 1350. The van der Waals surface area contributed by atoms with Gasteiger partial charge in [0, 0.05) is 9.50 Å². The molecule has 1 heterocycles. The lowest BCUT2D eigenvalue weighted by atomic mass is 9.94. The third kappa shape index (κ3) is 8.74. The highest BCUT2D eigenvalue weighted by Crippen LogP contribution is 2.31. The fourth-order valence-electron chi connectivity index (χ4n) is 5.06. The molecule has 5 nitrogen and oxygen atoms in total. The lowest BCUT2D eigenvalue weighted by Gasteiger charge is -2.45. The molecule has 1 saturated heterocycles. The zero-order chi connectivity index (χ0) is 29.1. The van der Waals surface area contributed by atoms with E-state index in [-0.39, 0.29) is 18.3 Å². The molecule has 1 fully saturated rings. The molecule has 4 aromatic rings. The fourth-order valence-corrected chi connectivity index (χ4v) is 5.59. The van der Waals surface area contributed by atoms with Gasteiger partial charge in [0.05, 0.1) is 39.1 Å². The summed E-state index contributed by atoms with van der Waals surface area (Å²) in [6.45, 7) is 4.07. The van der Waals surface area contributed by atoms with Crippen LogP contribution in [-0.2, 0) is 50.1 Å². The Morgan fingerprint density at radius 3 is 1.81 bits per heavy atom. The van der Waals surface area contributed by atoms with Gasteiger partial charge in [-0.25, -0.2) is 0 Å². The van der Waals surface area contributed by atoms with Crippen molar-refractivity contribution in [3.05, 3.63) is 141 Å². The van der Waals surface area contributed by atoms with Gasteiger partial charge in [0.15, 0.2) is 0 Å². The molecule has 5 atom stereocenters. The summed E-state index contributed by atoms with van der Waals surface area (Å²) in [5, 5.41) is 0.699. The maximum Gasteiger partial charge on any atom is 0.115 e. The number of rotatable bonds is 13. The van der Waals surface area contributed by atoms with E-state index in [1.54, 1.807) is 0 Å². The normalized spacial score (nSPS) is 22.2. The molecule has 7 heteroatoms. The average molecular weight is 652 g/mol. The van der Waals surface area contributed by atoms with Gasteiger partial charge in [0.25, 0.3) is 0 Å². The minimum atomic E-state index is -0.431. The van der Waals surface area contributed by atoms with Crippen LogP contribution < -0.4 is 0 Å². The fraction of sp³-hybridized carbons (Fsp3) is 0.314. The maximum atomic E-state index is 6.67. The standard InChI is InChI=1S/C35H36BrClO5/c1-25-33(41-23-29-14-8-9-15-31(29)36)35(40-22-27-12-6-3-7-13-27)34(39-21-26-10-4-2-5-11-26)32(42-25)24-38-20-28-16-18-30(37)19-17-28/h2-19,25,32-35H,20-24H2,1H3/t25-,32+,33?,34-,35-/m0/s1. The number of hydrogen-bond donors (Lipinski definition) is 0. The lowest BCUT2D eigenvalue weighted by molar-refractivity contribution is -0.269. The molecule has 1 unspecified atom stereocenters. The number of ether oxygens (including phenoxy) is 5. The number of benzene rings is 4. The quantitative estimate of drug-likeness (QED) is 0.146. The Balaban J connectivity index is 1.37. The highest BCUT2D eigenvalue weighted by atomic mass is 79.9. The summed E-state index contributed by atoms with van der Waals surface area (Å²) in [4.78, 5) is 0. The van der Waals surface area contributed by atoms with Crippen molar-refractivity contribution in [2.45, 2.75) is 63.9 Å². The van der Waals surface area contributed by atoms with Gasteiger partial charge < -0.3 is 23.7 Å². The monoisotopic (exact) mass is 650 g/mol. The second-order valence-corrected chi connectivity index (χ2v) is 11.7. The van der Waals surface area contributed by atoms with Crippen molar-refractivity contribution in [2.24, 2.45) is 0 Å². The van der Waals surface area contributed by atoms with Crippen LogP contribution in [0.25, 0.3) is 0 Å². The summed E-state index contributed by atoms with van der Waals surface area (Å²) in [5.41, 5.74) is 4.25. The molecular formula is C35H36BrClO5. The molecule has 0 amide bonds. The molecule has 0 bridgehead atoms. The largest absolute Gasteiger partial charge is 0.374 e. The first-order valence-electron chi connectivity index (χ1n) is 14.2. The van der Waals surface area contributed by atoms with E-state index >= 15 is 0 Å². The van der Waals surface area contributed by atoms with E-state index in [0.29, 0.717) is 38.1 Å². The van der Waals surface area contributed by atoms with Crippen molar-refractivity contribution in [1.29, 1.82) is 0 Å². The van der Waals surface area contributed by atoms with Gasteiger partial charge in [-0.1, -0.05) is 119 Å². The minimum Gasteiger partial charge on any atom is -0.374 e. The predicted octanol–water partition coefficient (Wildman–Crippen LogP) is 8.16. The van der Waals surface area contributed by atoms with E-state index in [2.05, 4.69) is 46.3 Å². The summed E-state index contributed by atoms with van der Waals surface area (Å²) in [6.07, 6.45) is -1.81. The van der Waals surface area contributed by atoms with E-state index in [1.165, 1.54) is 0 Å². The van der Waals surface area contributed by atoms with Crippen molar-refractivity contribution in [3.8, 4) is 0 Å². The molecule has 4 aromatic carbocycles. The minimum absolute atomic E-state index is 0.256. The van der Waals surface area contributed by atoms with E-state index in [1.807, 2.05) is 85.8 Å². The van der Waals surface area contributed by atoms with E-state index in [0.717, 1.165) is 26.7 Å².